The first-order chi connectivity index (χ1) is 17.1. The fourth-order valence-corrected chi connectivity index (χ4v) is 4.53. The lowest BCUT2D eigenvalue weighted by atomic mass is 10.1. The second-order valence-corrected chi connectivity index (χ2v) is 8.87. The van der Waals surface area contributed by atoms with Gasteiger partial charge >= 0.3 is 0 Å². The number of para-hydroxylation sites is 1. The molecule has 0 saturated heterocycles. The van der Waals surface area contributed by atoms with Gasteiger partial charge in [-0.15, -0.1) is 11.3 Å². The molecule has 2 heterocycles. The van der Waals surface area contributed by atoms with Gasteiger partial charge in [0.05, 0.1) is 29.8 Å². The molecule has 0 amide bonds. The van der Waals surface area contributed by atoms with Crippen molar-refractivity contribution in [3.8, 4) is 40.0 Å². The summed E-state index contributed by atoms with van der Waals surface area (Å²) in [4.78, 5) is 4.75. The highest BCUT2D eigenvalue weighted by Crippen LogP contribution is 2.31. The Kier molecular flexibility index (Phi) is 6.25. The summed E-state index contributed by atoms with van der Waals surface area (Å²) in [5.74, 6) is 0.775. The minimum absolute atomic E-state index is 0.496. The monoisotopic (exact) mass is 474 g/mol. The smallest absolute Gasteiger partial charge is 0.134 e. The summed E-state index contributed by atoms with van der Waals surface area (Å²) in [5.41, 5.74) is 7.08. The average Bonchev–Trinajstić information content (AvgIpc) is 3.56. The number of aromatic nitrogens is 3. The largest absolute Gasteiger partial charge is 0.497 e. The maximum absolute atomic E-state index is 10.0. The van der Waals surface area contributed by atoms with E-state index in [1.165, 1.54) is 16.9 Å². The molecular weight excluding hydrogens is 452 g/mol. The molecule has 0 bridgehead atoms. The van der Waals surface area contributed by atoms with Crippen LogP contribution in [0.1, 0.15) is 16.1 Å². The highest BCUT2D eigenvalue weighted by molar-refractivity contribution is 7.11. The lowest BCUT2D eigenvalue weighted by Gasteiger charge is -2.03. The number of hydrogen-bond donors (Lipinski definition) is 0. The molecule has 0 unspecified atom stereocenters. The third-order valence-corrected chi connectivity index (χ3v) is 6.50. The third kappa shape index (κ3) is 4.77. The van der Waals surface area contributed by atoms with Crippen molar-refractivity contribution in [3.63, 3.8) is 0 Å². The third-order valence-electron chi connectivity index (χ3n) is 5.63. The molecule has 3 aromatic carbocycles. The van der Waals surface area contributed by atoms with Crippen LogP contribution in [-0.2, 0) is 0 Å². The molecule has 5 rings (SSSR count). The van der Waals surface area contributed by atoms with Gasteiger partial charge in [0.25, 0.3) is 0 Å². The Morgan fingerprint density at radius 2 is 1.69 bits per heavy atom. The molecular formula is C29H22N4OS. The van der Waals surface area contributed by atoms with Gasteiger partial charge in [-0.2, -0.15) is 10.4 Å². The molecule has 6 heteroatoms. The maximum Gasteiger partial charge on any atom is 0.134 e. The first-order valence-corrected chi connectivity index (χ1v) is 12.0. The standard InChI is InChI=1S/C29H22N4OS/c1-20-8-10-21(11-9-20)27-19-35-29(31-27)23(17-30)16-24-18-33(25-6-4-3-5-7-25)32-28(24)22-12-14-26(34-2)15-13-22/h3-16,18-19H,1-2H3/b23-16-. The van der Waals surface area contributed by atoms with Crippen molar-refractivity contribution in [1.82, 2.24) is 14.8 Å². The van der Waals surface area contributed by atoms with Gasteiger partial charge in [-0.3, -0.25) is 0 Å². The summed E-state index contributed by atoms with van der Waals surface area (Å²) < 4.78 is 7.14. The van der Waals surface area contributed by atoms with Crippen LogP contribution in [0.2, 0.25) is 0 Å². The quantitative estimate of drug-likeness (QED) is 0.248. The van der Waals surface area contributed by atoms with Gasteiger partial charge in [0.1, 0.15) is 16.8 Å². The molecule has 0 N–H and O–H groups in total. The number of benzene rings is 3. The van der Waals surface area contributed by atoms with E-state index < -0.39 is 0 Å². The SMILES string of the molecule is COc1ccc(-c2nn(-c3ccccc3)cc2/C=C(/C#N)c2nc(-c3ccc(C)cc3)cs2)cc1. The predicted octanol–water partition coefficient (Wildman–Crippen LogP) is 7.04. The van der Waals surface area contributed by atoms with Gasteiger partial charge in [-0.05, 0) is 49.4 Å². The number of nitrogens with zero attached hydrogens (tertiary/aromatic N) is 4. The number of nitriles is 1. The normalized spacial score (nSPS) is 11.3. The van der Waals surface area contributed by atoms with Gasteiger partial charge in [0.15, 0.2) is 0 Å². The molecule has 0 saturated carbocycles. The topological polar surface area (TPSA) is 63.7 Å². The Hall–Kier alpha value is -4.47. The molecule has 0 atom stereocenters. The summed E-state index contributed by atoms with van der Waals surface area (Å²) in [6.45, 7) is 2.06. The van der Waals surface area contributed by atoms with Gasteiger partial charge in [0.2, 0.25) is 0 Å². The molecule has 35 heavy (non-hydrogen) atoms. The fraction of sp³-hybridized carbons (Fsp3) is 0.0690. The van der Waals surface area contributed by atoms with Crippen molar-refractivity contribution >= 4 is 23.0 Å². The zero-order valence-electron chi connectivity index (χ0n) is 19.3. The lowest BCUT2D eigenvalue weighted by molar-refractivity contribution is 0.415. The van der Waals surface area contributed by atoms with Crippen LogP contribution in [0, 0.1) is 18.3 Å². The Balaban J connectivity index is 1.58. The summed E-state index contributed by atoms with van der Waals surface area (Å²) in [7, 11) is 1.64. The van der Waals surface area contributed by atoms with Crippen LogP contribution < -0.4 is 4.74 Å². The van der Waals surface area contributed by atoms with Crippen LogP contribution in [0.4, 0.5) is 0 Å². The molecule has 170 valence electrons. The van der Waals surface area contributed by atoms with Gasteiger partial charge in [-0.1, -0.05) is 48.0 Å². The van der Waals surface area contributed by atoms with Crippen molar-refractivity contribution in [2.75, 3.05) is 7.11 Å². The molecule has 0 aliphatic carbocycles. The van der Waals surface area contributed by atoms with Crippen molar-refractivity contribution in [2.24, 2.45) is 0 Å². The molecule has 0 spiro atoms. The second kappa shape index (κ2) is 9.80. The molecule has 0 radical (unpaired) electrons. The number of ether oxygens (including phenoxy) is 1. The van der Waals surface area contributed by atoms with Crippen molar-refractivity contribution in [2.45, 2.75) is 6.92 Å². The summed E-state index contributed by atoms with van der Waals surface area (Å²) in [6, 6.07) is 28.2. The van der Waals surface area contributed by atoms with Crippen molar-refractivity contribution < 1.29 is 4.74 Å². The Bertz CT molecular complexity index is 1520. The number of allylic oxidation sites excluding steroid dienone is 1. The number of methoxy groups -OCH3 is 1. The van der Waals surface area contributed by atoms with E-state index in [1.807, 2.05) is 76.9 Å². The van der Waals surface area contributed by atoms with E-state index in [0.717, 1.165) is 39.5 Å². The highest BCUT2D eigenvalue weighted by atomic mass is 32.1. The van der Waals surface area contributed by atoms with Gasteiger partial charge in [0, 0.05) is 28.3 Å². The van der Waals surface area contributed by atoms with Crippen molar-refractivity contribution in [3.05, 3.63) is 107 Å². The highest BCUT2D eigenvalue weighted by Gasteiger charge is 2.15. The van der Waals surface area contributed by atoms with Gasteiger partial charge in [-0.25, -0.2) is 9.67 Å². The molecule has 0 aliphatic heterocycles. The fourth-order valence-electron chi connectivity index (χ4n) is 3.73. The van der Waals surface area contributed by atoms with E-state index >= 15 is 0 Å². The van der Waals surface area contributed by atoms with E-state index in [9.17, 15) is 5.26 Å². The minimum atomic E-state index is 0.496. The molecule has 5 aromatic rings. The first-order valence-electron chi connectivity index (χ1n) is 11.1. The van der Waals surface area contributed by atoms with Crippen LogP contribution >= 0.6 is 11.3 Å². The summed E-state index contributed by atoms with van der Waals surface area (Å²) in [5, 5.41) is 17.5. The van der Waals surface area contributed by atoms with E-state index in [1.54, 1.807) is 7.11 Å². The second-order valence-electron chi connectivity index (χ2n) is 8.02. The summed E-state index contributed by atoms with van der Waals surface area (Å²) in [6.07, 6.45) is 3.81. The predicted molar refractivity (Wildman–Crippen MR) is 141 cm³/mol. The Morgan fingerprint density at radius 1 is 0.971 bits per heavy atom. The van der Waals surface area contributed by atoms with Crippen LogP contribution in [0.3, 0.4) is 0 Å². The van der Waals surface area contributed by atoms with Crippen LogP contribution in [0.5, 0.6) is 5.75 Å². The number of aryl methyl sites for hydroxylation is 1. The van der Waals surface area contributed by atoms with Gasteiger partial charge < -0.3 is 4.74 Å². The average molecular weight is 475 g/mol. The molecule has 2 aromatic heterocycles. The van der Waals surface area contributed by atoms with E-state index in [4.69, 9.17) is 14.8 Å². The lowest BCUT2D eigenvalue weighted by Crippen LogP contribution is -1.94. The first kappa shape index (κ1) is 22.3. The van der Waals surface area contributed by atoms with E-state index in [0.29, 0.717) is 10.6 Å². The number of hydrogen-bond acceptors (Lipinski definition) is 5. The summed E-state index contributed by atoms with van der Waals surface area (Å²) >= 11 is 1.46. The van der Waals surface area contributed by atoms with E-state index in [2.05, 4.69) is 37.3 Å². The zero-order valence-corrected chi connectivity index (χ0v) is 20.2. The minimum Gasteiger partial charge on any atom is -0.497 e. The number of thiazole rings is 1. The van der Waals surface area contributed by atoms with Crippen LogP contribution in [0.15, 0.2) is 90.4 Å². The Morgan fingerprint density at radius 3 is 2.37 bits per heavy atom. The van der Waals surface area contributed by atoms with Crippen LogP contribution in [0.25, 0.3) is 39.9 Å². The molecule has 0 aliphatic rings. The Labute approximate surface area is 208 Å². The molecule has 0 fully saturated rings. The van der Waals surface area contributed by atoms with E-state index in [-0.39, 0.29) is 0 Å². The van der Waals surface area contributed by atoms with Crippen LogP contribution in [-0.4, -0.2) is 21.9 Å². The number of rotatable bonds is 6. The maximum atomic E-state index is 10.0. The van der Waals surface area contributed by atoms with Crippen molar-refractivity contribution in [1.29, 1.82) is 5.26 Å². The zero-order chi connectivity index (χ0) is 24.2. The molecule has 5 nitrogen and oxygen atoms in total.